The fourth-order valence-electron chi connectivity index (χ4n) is 1.72. The largest absolute Gasteiger partial charge is 0.316 e. The van der Waals surface area contributed by atoms with Crippen LogP contribution in [-0.2, 0) is 23.0 Å². The van der Waals surface area contributed by atoms with Crippen LogP contribution in [0, 0.1) is 0 Å². The summed E-state index contributed by atoms with van der Waals surface area (Å²) in [4.78, 5) is 5.14. The highest BCUT2D eigenvalue weighted by Gasteiger charge is 2.16. The van der Waals surface area contributed by atoms with Crippen LogP contribution >= 0.6 is 22.7 Å². The topological polar surface area (TPSA) is 71.1 Å². The lowest BCUT2D eigenvalue weighted by molar-refractivity contribution is 0.583. The number of sulfonamides is 1. The van der Waals surface area contributed by atoms with E-state index in [1.807, 2.05) is 11.4 Å². The molecular weight excluding hydrogens is 326 g/mol. The number of nitrogens with one attached hydrogen (secondary N) is 2. The van der Waals surface area contributed by atoms with E-state index in [2.05, 4.69) is 21.9 Å². The van der Waals surface area contributed by atoms with Crippen LogP contribution in [0.1, 0.15) is 23.2 Å². The van der Waals surface area contributed by atoms with E-state index in [9.17, 15) is 8.42 Å². The number of nitrogens with zero attached hydrogens (tertiary/aromatic N) is 1. The van der Waals surface area contributed by atoms with Gasteiger partial charge in [0.2, 0.25) is 10.0 Å². The highest BCUT2D eigenvalue weighted by Crippen LogP contribution is 2.22. The summed E-state index contributed by atoms with van der Waals surface area (Å²) in [7, 11) is -3.44. The molecule has 0 atom stereocenters. The normalized spacial score (nSPS) is 11.9. The van der Waals surface area contributed by atoms with Gasteiger partial charge in [-0.2, -0.15) is 0 Å². The van der Waals surface area contributed by atoms with Crippen LogP contribution in [0.5, 0.6) is 0 Å². The number of aromatic nitrogens is 1. The SMILES string of the molecule is CCCNCCc1ccc(S(=O)(=O)NCc2nccs2)s1. The molecule has 0 aromatic carbocycles. The maximum absolute atomic E-state index is 12.2. The van der Waals surface area contributed by atoms with Crippen molar-refractivity contribution in [2.24, 2.45) is 0 Å². The average Bonchev–Trinajstić information content (AvgIpc) is 3.13. The molecule has 0 saturated heterocycles. The van der Waals surface area contributed by atoms with Gasteiger partial charge in [-0.1, -0.05) is 6.92 Å². The predicted molar refractivity (Wildman–Crippen MR) is 87.3 cm³/mol. The number of rotatable bonds is 9. The molecule has 2 rings (SSSR count). The number of hydrogen-bond donors (Lipinski definition) is 2. The zero-order valence-corrected chi connectivity index (χ0v) is 14.3. The van der Waals surface area contributed by atoms with Crippen molar-refractivity contribution in [1.82, 2.24) is 15.0 Å². The van der Waals surface area contributed by atoms with Crippen LogP contribution in [0.2, 0.25) is 0 Å². The smallest absolute Gasteiger partial charge is 0.250 e. The second kappa shape index (κ2) is 8.00. The van der Waals surface area contributed by atoms with E-state index in [0.717, 1.165) is 35.8 Å². The Balaban J connectivity index is 1.89. The minimum absolute atomic E-state index is 0.241. The molecule has 21 heavy (non-hydrogen) atoms. The highest BCUT2D eigenvalue weighted by atomic mass is 32.2. The molecule has 0 bridgehead atoms. The van der Waals surface area contributed by atoms with Gasteiger partial charge in [0.1, 0.15) is 9.22 Å². The van der Waals surface area contributed by atoms with E-state index in [1.54, 1.807) is 12.3 Å². The summed E-state index contributed by atoms with van der Waals surface area (Å²) in [6.45, 7) is 4.23. The fourth-order valence-corrected chi connectivity index (χ4v) is 4.75. The third kappa shape index (κ3) is 5.15. The van der Waals surface area contributed by atoms with Crippen molar-refractivity contribution in [3.8, 4) is 0 Å². The summed E-state index contributed by atoms with van der Waals surface area (Å²) < 4.78 is 27.3. The predicted octanol–water partition coefficient (Wildman–Crippen LogP) is 2.23. The summed E-state index contributed by atoms with van der Waals surface area (Å²) in [6.07, 6.45) is 3.62. The van der Waals surface area contributed by atoms with Gasteiger partial charge < -0.3 is 5.32 Å². The van der Waals surface area contributed by atoms with Crippen LogP contribution < -0.4 is 10.0 Å². The quantitative estimate of drug-likeness (QED) is 0.684. The molecule has 2 heterocycles. The Morgan fingerprint density at radius 1 is 1.29 bits per heavy atom. The van der Waals surface area contributed by atoms with E-state index in [4.69, 9.17) is 0 Å². The summed E-state index contributed by atoms with van der Waals surface area (Å²) in [6, 6.07) is 3.56. The molecule has 0 spiro atoms. The Morgan fingerprint density at radius 3 is 2.86 bits per heavy atom. The first kappa shape index (κ1) is 16.6. The van der Waals surface area contributed by atoms with Gasteiger partial charge in [-0.15, -0.1) is 22.7 Å². The summed E-state index contributed by atoms with van der Waals surface area (Å²) in [5.74, 6) is 0. The zero-order chi connectivity index (χ0) is 15.1. The third-order valence-electron chi connectivity index (χ3n) is 2.77. The molecule has 8 heteroatoms. The minimum Gasteiger partial charge on any atom is -0.316 e. The summed E-state index contributed by atoms with van der Waals surface area (Å²) in [5.41, 5.74) is 0. The van der Waals surface area contributed by atoms with E-state index in [1.165, 1.54) is 22.7 Å². The van der Waals surface area contributed by atoms with Gasteiger partial charge >= 0.3 is 0 Å². The molecule has 0 saturated carbocycles. The fraction of sp³-hybridized carbons (Fsp3) is 0.462. The van der Waals surface area contributed by atoms with Crippen molar-refractivity contribution < 1.29 is 8.42 Å². The number of hydrogen-bond acceptors (Lipinski definition) is 6. The summed E-state index contributed by atoms with van der Waals surface area (Å²) in [5, 5.41) is 5.90. The van der Waals surface area contributed by atoms with Crippen molar-refractivity contribution in [2.75, 3.05) is 13.1 Å². The lowest BCUT2D eigenvalue weighted by Crippen LogP contribution is -2.22. The first-order valence-electron chi connectivity index (χ1n) is 6.79. The Kier molecular flexibility index (Phi) is 6.31. The van der Waals surface area contributed by atoms with E-state index in [0.29, 0.717) is 4.21 Å². The van der Waals surface area contributed by atoms with Crippen molar-refractivity contribution in [2.45, 2.75) is 30.5 Å². The van der Waals surface area contributed by atoms with Gasteiger partial charge in [-0.05, 0) is 38.1 Å². The molecule has 0 fully saturated rings. The molecule has 2 aromatic heterocycles. The van der Waals surface area contributed by atoms with Crippen LogP contribution in [0.3, 0.4) is 0 Å². The molecule has 2 N–H and O–H groups in total. The van der Waals surface area contributed by atoms with Gasteiger partial charge in [0.05, 0.1) is 6.54 Å². The first-order chi connectivity index (χ1) is 10.1. The Labute approximate surface area is 133 Å². The maximum atomic E-state index is 12.2. The molecule has 5 nitrogen and oxygen atoms in total. The molecule has 0 aliphatic rings. The third-order valence-corrected chi connectivity index (χ3v) is 6.59. The minimum atomic E-state index is -3.44. The van der Waals surface area contributed by atoms with Crippen molar-refractivity contribution in [3.05, 3.63) is 33.6 Å². The molecule has 0 unspecified atom stereocenters. The van der Waals surface area contributed by atoms with Crippen LogP contribution in [0.15, 0.2) is 27.9 Å². The average molecular weight is 346 g/mol. The molecule has 0 aliphatic heterocycles. The van der Waals surface area contributed by atoms with Crippen molar-refractivity contribution >= 4 is 32.7 Å². The first-order valence-corrected chi connectivity index (χ1v) is 9.97. The van der Waals surface area contributed by atoms with Gasteiger partial charge in [0.15, 0.2) is 0 Å². The molecule has 2 aromatic rings. The standard InChI is InChI=1S/C13H19N3O2S3/c1-2-6-14-7-5-11-3-4-13(20-11)21(17,18)16-10-12-15-8-9-19-12/h3-4,8-9,14,16H,2,5-7,10H2,1H3. The van der Waals surface area contributed by atoms with Gasteiger partial charge in [-0.25, -0.2) is 18.1 Å². The van der Waals surface area contributed by atoms with Crippen molar-refractivity contribution in [1.29, 1.82) is 0 Å². The van der Waals surface area contributed by atoms with Gasteiger partial charge in [0, 0.05) is 16.5 Å². The molecular formula is C13H19N3O2S3. The second-order valence-electron chi connectivity index (χ2n) is 4.47. The lowest BCUT2D eigenvalue weighted by atomic mass is 10.3. The lowest BCUT2D eigenvalue weighted by Gasteiger charge is -2.02. The Bertz CT molecular complexity index is 635. The van der Waals surface area contributed by atoms with Crippen LogP contribution in [0.25, 0.3) is 0 Å². The molecule has 0 amide bonds. The second-order valence-corrected chi connectivity index (χ2v) is 8.61. The Hall–Kier alpha value is -0.800. The van der Waals surface area contributed by atoms with Gasteiger partial charge in [0.25, 0.3) is 0 Å². The monoisotopic (exact) mass is 345 g/mol. The highest BCUT2D eigenvalue weighted by molar-refractivity contribution is 7.91. The van der Waals surface area contributed by atoms with Crippen molar-refractivity contribution in [3.63, 3.8) is 0 Å². The summed E-state index contributed by atoms with van der Waals surface area (Å²) >= 11 is 2.76. The number of thiazole rings is 1. The van der Waals surface area contributed by atoms with Gasteiger partial charge in [-0.3, -0.25) is 0 Å². The number of thiophene rings is 1. The van der Waals surface area contributed by atoms with E-state index < -0.39 is 10.0 Å². The maximum Gasteiger partial charge on any atom is 0.250 e. The van der Waals surface area contributed by atoms with E-state index in [-0.39, 0.29) is 6.54 Å². The van der Waals surface area contributed by atoms with Crippen LogP contribution in [0.4, 0.5) is 0 Å². The molecule has 0 aliphatic carbocycles. The Morgan fingerprint density at radius 2 is 2.14 bits per heavy atom. The van der Waals surface area contributed by atoms with E-state index >= 15 is 0 Å². The van der Waals surface area contributed by atoms with Crippen LogP contribution in [-0.4, -0.2) is 26.5 Å². The zero-order valence-electron chi connectivity index (χ0n) is 11.8. The molecule has 116 valence electrons. The molecule has 0 radical (unpaired) electrons.